The van der Waals surface area contributed by atoms with Crippen LogP contribution in [-0.4, -0.2) is 19.9 Å². The van der Waals surface area contributed by atoms with Crippen LogP contribution in [0, 0.1) is 0 Å². The van der Waals surface area contributed by atoms with Crippen LogP contribution >= 0.6 is 0 Å². The molecular formula is C13H16N4. The molecule has 0 amide bonds. The van der Waals surface area contributed by atoms with Gasteiger partial charge in [0, 0.05) is 24.3 Å². The minimum absolute atomic E-state index is 0.440. The molecule has 0 N–H and O–H groups in total. The first kappa shape index (κ1) is 11.6. The highest BCUT2D eigenvalue weighted by molar-refractivity contribution is 5.43. The lowest BCUT2D eigenvalue weighted by atomic mass is 10.0. The van der Waals surface area contributed by atoms with Crippen LogP contribution in [0.15, 0.2) is 24.7 Å². The summed E-state index contributed by atoms with van der Waals surface area (Å²) < 4.78 is 0. The normalized spacial score (nSPS) is 10.8. The third-order valence-corrected chi connectivity index (χ3v) is 2.62. The second-order valence-corrected chi connectivity index (χ2v) is 4.18. The van der Waals surface area contributed by atoms with Gasteiger partial charge in [-0.3, -0.25) is 0 Å². The summed E-state index contributed by atoms with van der Waals surface area (Å²) in [6, 6.07) is 1.78. The van der Waals surface area contributed by atoms with Gasteiger partial charge in [-0.05, 0) is 24.0 Å². The van der Waals surface area contributed by atoms with Crippen molar-refractivity contribution in [2.75, 3.05) is 0 Å². The Balaban J connectivity index is 2.45. The molecule has 0 aliphatic heterocycles. The highest BCUT2D eigenvalue weighted by Crippen LogP contribution is 2.19. The molecule has 4 heteroatoms. The van der Waals surface area contributed by atoms with Gasteiger partial charge >= 0.3 is 0 Å². The van der Waals surface area contributed by atoms with Gasteiger partial charge in [0.15, 0.2) is 11.6 Å². The van der Waals surface area contributed by atoms with Crippen LogP contribution in [0.5, 0.6) is 0 Å². The Kier molecular flexibility index (Phi) is 3.42. The van der Waals surface area contributed by atoms with Gasteiger partial charge in [0.1, 0.15) is 0 Å². The zero-order valence-corrected chi connectivity index (χ0v) is 10.4. The monoisotopic (exact) mass is 228 g/mol. The van der Waals surface area contributed by atoms with Gasteiger partial charge in [-0.25, -0.2) is 19.9 Å². The summed E-state index contributed by atoms with van der Waals surface area (Å²) >= 11 is 0. The number of aromatic nitrogens is 4. The Morgan fingerprint density at radius 3 is 2.35 bits per heavy atom. The minimum atomic E-state index is 0.440. The summed E-state index contributed by atoms with van der Waals surface area (Å²) in [6.07, 6.45) is 6.19. The molecule has 0 saturated carbocycles. The molecule has 0 aromatic carbocycles. The van der Waals surface area contributed by atoms with Crippen molar-refractivity contribution in [1.82, 2.24) is 19.9 Å². The molecule has 2 aromatic heterocycles. The molecule has 0 saturated heterocycles. The summed E-state index contributed by atoms with van der Waals surface area (Å²) in [4.78, 5) is 17.2. The Labute approximate surface area is 101 Å². The van der Waals surface area contributed by atoms with E-state index in [1.54, 1.807) is 18.5 Å². The Bertz CT molecular complexity index is 494. The first-order valence-electron chi connectivity index (χ1n) is 5.85. The molecule has 0 atom stereocenters. The number of rotatable bonds is 3. The zero-order chi connectivity index (χ0) is 12.3. The standard InChI is InChI=1S/C13H16N4/c1-4-11-10(9(2)3)8-16-13(17-11)12-14-6-5-7-15-12/h5-9H,4H2,1-3H3. The van der Waals surface area contributed by atoms with Gasteiger partial charge in [-0.15, -0.1) is 0 Å². The molecule has 4 nitrogen and oxygen atoms in total. The van der Waals surface area contributed by atoms with Gasteiger partial charge in [0.2, 0.25) is 0 Å². The average molecular weight is 228 g/mol. The van der Waals surface area contributed by atoms with Crippen LogP contribution in [0.3, 0.4) is 0 Å². The Morgan fingerprint density at radius 1 is 1.06 bits per heavy atom. The van der Waals surface area contributed by atoms with Crippen LogP contribution in [0.4, 0.5) is 0 Å². The molecule has 0 radical (unpaired) electrons. The topological polar surface area (TPSA) is 51.6 Å². The maximum absolute atomic E-state index is 4.55. The molecule has 0 aliphatic carbocycles. The molecule has 0 spiro atoms. The molecule has 0 unspecified atom stereocenters. The first-order chi connectivity index (χ1) is 8.22. The molecule has 2 heterocycles. The summed E-state index contributed by atoms with van der Waals surface area (Å²) in [5, 5.41) is 0. The molecule has 17 heavy (non-hydrogen) atoms. The van der Waals surface area contributed by atoms with Gasteiger partial charge in [0.05, 0.1) is 0 Å². The van der Waals surface area contributed by atoms with Crippen molar-refractivity contribution in [3.8, 4) is 11.6 Å². The summed E-state index contributed by atoms with van der Waals surface area (Å²) in [6.45, 7) is 6.40. The van der Waals surface area contributed by atoms with Crippen LogP contribution in [-0.2, 0) is 6.42 Å². The number of hydrogen-bond acceptors (Lipinski definition) is 4. The first-order valence-corrected chi connectivity index (χ1v) is 5.85. The predicted molar refractivity (Wildman–Crippen MR) is 66.5 cm³/mol. The third-order valence-electron chi connectivity index (χ3n) is 2.62. The lowest BCUT2D eigenvalue weighted by Gasteiger charge is -2.10. The Morgan fingerprint density at radius 2 is 1.76 bits per heavy atom. The molecular weight excluding hydrogens is 212 g/mol. The van der Waals surface area contributed by atoms with Crippen LogP contribution in [0.2, 0.25) is 0 Å². The largest absolute Gasteiger partial charge is 0.234 e. The zero-order valence-electron chi connectivity index (χ0n) is 10.4. The fraction of sp³-hybridized carbons (Fsp3) is 0.385. The van der Waals surface area contributed by atoms with E-state index in [4.69, 9.17) is 0 Å². The molecule has 0 bridgehead atoms. The van der Waals surface area contributed by atoms with E-state index < -0.39 is 0 Å². The van der Waals surface area contributed by atoms with Gasteiger partial charge in [-0.2, -0.15) is 0 Å². The van der Waals surface area contributed by atoms with E-state index in [0.29, 0.717) is 17.6 Å². The highest BCUT2D eigenvalue weighted by atomic mass is 15.0. The summed E-state index contributed by atoms with van der Waals surface area (Å²) in [7, 11) is 0. The maximum Gasteiger partial charge on any atom is 0.197 e. The predicted octanol–water partition coefficient (Wildman–Crippen LogP) is 2.62. The number of aryl methyl sites for hydroxylation is 1. The maximum atomic E-state index is 4.55. The molecule has 2 aromatic rings. The molecule has 2 rings (SSSR count). The molecule has 0 aliphatic rings. The third kappa shape index (κ3) is 2.46. The summed E-state index contributed by atoms with van der Waals surface area (Å²) in [5.41, 5.74) is 2.28. The quantitative estimate of drug-likeness (QED) is 0.810. The van der Waals surface area contributed by atoms with Crippen molar-refractivity contribution in [3.05, 3.63) is 35.9 Å². The van der Waals surface area contributed by atoms with Gasteiger partial charge in [0.25, 0.3) is 0 Å². The lowest BCUT2D eigenvalue weighted by molar-refractivity contribution is 0.809. The second kappa shape index (κ2) is 4.99. The van der Waals surface area contributed by atoms with E-state index >= 15 is 0 Å². The average Bonchev–Trinajstić information content (AvgIpc) is 2.39. The van der Waals surface area contributed by atoms with Gasteiger partial charge in [-0.1, -0.05) is 20.8 Å². The smallest absolute Gasteiger partial charge is 0.197 e. The van der Waals surface area contributed by atoms with E-state index in [1.165, 1.54) is 5.56 Å². The van der Waals surface area contributed by atoms with Crippen molar-refractivity contribution in [2.45, 2.75) is 33.1 Å². The number of nitrogens with zero attached hydrogens (tertiary/aromatic N) is 4. The van der Waals surface area contributed by atoms with E-state index in [1.807, 2.05) is 6.20 Å². The number of hydrogen-bond donors (Lipinski definition) is 0. The fourth-order valence-electron chi connectivity index (χ4n) is 1.71. The lowest BCUT2D eigenvalue weighted by Crippen LogP contribution is -2.03. The Hall–Kier alpha value is -1.84. The second-order valence-electron chi connectivity index (χ2n) is 4.18. The van der Waals surface area contributed by atoms with E-state index in [0.717, 1.165) is 12.1 Å². The van der Waals surface area contributed by atoms with E-state index in [9.17, 15) is 0 Å². The van der Waals surface area contributed by atoms with Crippen molar-refractivity contribution in [1.29, 1.82) is 0 Å². The molecule has 0 fully saturated rings. The summed E-state index contributed by atoms with van der Waals surface area (Å²) in [5.74, 6) is 1.63. The fourth-order valence-corrected chi connectivity index (χ4v) is 1.71. The van der Waals surface area contributed by atoms with Crippen molar-refractivity contribution in [2.24, 2.45) is 0 Å². The van der Waals surface area contributed by atoms with Crippen molar-refractivity contribution >= 4 is 0 Å². The molecule has 88 valence electrons. The SMILES string of the molecule is CCc1nc(-c2ncccn2)ncc1C(C)C. The van der Waals surface area contributed by atoms with Crippen LogP contribution in [0.25, 0.3) is 11.6 Å². The van der Waals surface area contributed by atoms with Crippen molar-refractivity contribution in [3.63, 3.8) is 0 Å². The van der Waals surface area contributed by atoms with E-state index in [-0.39, 0.29) is 0 Å². The van der Waals surface area contributed by atoms with Gasteiger partial charge < -0.3 is 0 Å². The minimum Gasteiger partial charge on any atom is -0.234 e. The van der Waals surface area contributed by atoms with Crippen molar-refractivity contribution < 1.29 is 0 Å². The van der Waals surface area contributed by atoms with Crippen LogP contribution in [0.1, 0.15) is 37.9 Å². The van der Waals surface area contributed by atoms with Crippen LogP contribution < -0.4 is 0 Å². The highest BCUT2D eigenvalue weighted by Gasteiger charge is 2.11. The van der Waals surface area contributed by atoms with E-state index in [2.05, 4.69) is 40.7 Å².